The quantitative estimate of drug-likeness (QED) is 0.768. The third kappa shape index (κ3) is 4.38. The second-order valence-electron chi connectivity index (χ2n) is 4.65. The monoisotopic (exact) mass is 285 g/mol. The summed E-state index contributed by atoms with van der Waals surface area (Å²) in [5.74, 6) is -1.80. The lowest BCUT2D eigenvalue weighted by molar-refractivity contribution is -0.148. The van der Waals surface area contributed by atoms with Crippen LogP contribution in [0.5, 0.6) is 0 Å². The van der Waals surface area contributed by atoms with Crippen molar-refractivity contribution in [1.29, 1.82) is 0 Å². The maximum atomic E-state index is 11.1. The molecule has 0 atom stereocenters. The normalized spacial score (nSPS) is 10.3. The Labute approximate surface area is 121 Å². The summed E-state index contributed by atoms with van der Waals surface area (Å²) >= 11 is 0. The number of hydrogen-bond acceptors (Lipinski definition) is 5. The van der Waals surface area contributed by atoms with Crippen LogP contribution < -0.4 is 5.73 Å². The summed E-state index contributed by atoms with van der Waals surface area (Å²) in [6.07, 6.45) is 4.81. The third-order valence-electron chi connectivity index (χ3n) is 3.02. The molecule has 0 amide bonds. The van der Waals surface area contributed by atoms with Gasteiger partial charge >= 0.3 is 5.97 Å². The van der Waals surface area contributed by atoms with Crippen molar-refractivity contribution in [1.82, 2.24) is 9.97 Å². The number of nitrogens with zero attached hydrogens (tertiary/aromatic N) is 2. The molecular formula is C15H15N3O3. The predicted molar refractivity (Wildman–Crippen MR) is 76.6 cm³/mol. The van der Waals surface area contributed by atoms with E-state index in [1.54, 1.807) is 24.5 Å². The van der Waals surface area contributed by atoms with E-state index in [9.17, 15) is 9.59 Å². The lowest BCUT2D eigenvalue weighted by Crippen LogP contribution is -2.15. The van der Waals surface area contributed by atoms with Gasteiger partial charge in [-0.3, -0.25) is 9.78 Å². The molecule has 0 aliphatic heterocycles. The minimum absolute atomic E-state index is 0.183. The van der Waals surface area contributed by atoms with E-state index in [1.165, 1.54) is 0 Å². The molecule has 6 heteroatoms. The van der Waals surface area contributed by atoms with Crippen molar-refractivity contribution in [2.24, 2.45) is 0 Å². The highest BCUT2D eigenvalue weighted by atomic mass is 16.4. The van der Waals surface area contributed by atoms with Gasteiger partial charge in [0, 0.05) is 18.1 Å². The van der Waals surface area contributed by atoms with E-state index >= 15 is 0 Å². The number of carboxylic acids is 1. The summed E-state index contributed by atoms with van der Waals surface area (Å²) in [5, 5.41) is 8.54. The van der Waals surface area contributed by atoms with Crippen molar-refractivity contribution < 1.29 is 14.7 Å². The zero-order chi connectivity index (χ0) is 15.2. The van der Waals surface area contributed by atoms with Crippen LogP contribution in [0.25, 0.3) is 0 Å². The number of aromatic nitrogens is 2. The molecular weight excluding hydrogens is 270 g/mol. The van der Waals surface area contributed by atoms with Crippen LogP contribution in [0.3, 0.4) is 0 Å². The zero-order valence-electron chi connectivity index (χ0n) is 11.3. The molecule has 0 fully saturated rings. The number of nitrogens with two attached hydrogens (primary N) is 1. The third-order valence-corrected chi connectivity index (χ3v) is 3.02. The Balaban J connectivity index is 1.91. The fourth-order valence-electron chi connectivity index (χ4n) is 1.82. The predicted octanol–water partition coefficient (Wildman–Crippen LogP) is 1.04. The van der Waals surface area contributed by atoms with Crippen LogP contribution in [0.2, 0.25) is 0 Å². The topological polar surface area (TPSA) is 106 Å². The number of Topliss-reactive ketones (excluding diaryl/α,β-unsaturated/α-hetero) is 1. The maximum Gasteiger partial charge on any atom is 0.372 e. The van der Waals surface area contributed by atoms with E-state index in [0.717, 1.165) is 24.0 Å². The number of carbonyl (C=O) groups excluding carboxylic acids is 1. The molecule has 21 heavy (non-hydrogen) atoms. The molecule has 6 nitrogen and oxygen atoms in total. The van der Waals surface area contributed by atoms with Gasteiger partial charge in [-0.1, -0.05) is 12.1 Å². The van der Waals surface area contributed by atoms with Gasteiger partial charge in [0.1, 0.15) is 5.82 Å². The van der Waals surface area contributed by atoms with Crippen molar-refractivity contribution in [2.45, 2.75) is 19.3 Å². The molecule has 0 bridgehead atoms. The average Bonchev–Trinajstić information content (AvgIpc) is 2.48. The standard InChI is InChI=1S/C15H15N3O3/c16-14-6-4-11(9-18-14)2-1-10-3-5-12(17-8-10)7-13(19)15(20)21/h3-6,8-9H,1-2,7H2,(H2,16,18)(H,20,21). The molecule has 3 N–H and O–H groups in total. The molecule has 0 radical (unpaired) electrons. The summed E-state index contributed by atoms with van der Waals surface area (Å²) in [6, 6.07) is 7.21. The van der Waals surface area contributed by atoms with Gasteiger partial charge in [0.15, 0.2) is 0 Å². The van der Waals surface area contributed by atoms with Crippen LogP contribution in [0.1, 0.15) is 16.8 Å². The Morgan fingerprint density at radius 2 is 1.62 bits per heavy atom. The smallest absolute Gasteiger partial charge is 0.372 e. The Morgan fingerprint density at radius 3 is 2.10 bits per heavy atom. The second-order valence-corrected chi connectivity index (χ2v) is 4.65. The van der Waals surface area contributed by atoms with E-state index in [2.05, 4.69) is 9.97 Å². The molecule has 0 aromatic carbocycles. The van der Waals surface area contributed by atoms with Crippen LogP contribution >= 0.6 is 0 Å². The summed E-state index contributed by atoms with van der Waals surface area (Å²) in [7, 11) is 0. The fourth-order valence-corrected chi connectivity index (χ4v) is 1.82. The highest BCUT2D eigenvalue weighted by Gasteiger charge is 2.12. The van der Waals surface area contributed by atoms with Gasteiger partial charge in [-0.25, -0.2) is 9.78 Å². The summed E-state index contributed by atoms with van der Waals surface area (Å²) in [6.45, 7) is 0. The van der Waals surface area contributed by atoms with Gasteiger partial charge in [0.05, 0.1) is 6.42 Å². The van der Waals surface area contributed by atoms with Gasteiger partial charge in [0.2, 0.25) is 5.78 Å². The SMILES string of the molecule is Nc1ccc(CCc2ccc(CC(=O)C(=O)O)nc2)cn1. The molecule has 0 aliphatic carbocycles. The molecule has 2 aromatic rings. The van der Waals surface area contributed by atoms with E-state index in [-0.39, 0.29) is 6.42 Å². The fraction of sp³-hybridized carbons (Fsp3) is 0.200. The number of carboxylic acid groups (broad SMARTS) is 1. The zero-order valence-corrected chi connectivity index (χ0v) is 11.3. The first-order chi connectivity index (χ1) is 10.0. The maximum absolute atomic E-state index is 11.1. The number of pyridine rings is 2. The highest BCUT2D eigenvalue weighted by molar-refractivity contribution is 6.33. The second kappa shape index (κ2) is 6.60. The molecule has 2 aromatic heterocycles. The first-order valence-corrected chi connectivity index (χ1v) is 6.45. The number of hydrogen-bond donors (Lipinski definition) is 2. The first-order valence-electron chi connectivity index (χ1n) is 6.45. The van der Waals surface area contributed by atoms with E-state index in [1.807, 2.05) is 12.1 Å². The van der Waals surface area contributed by atoms with Gasteiger partial charge < -0.3 is 10.8 Å². The van der Waals surface area contributed by atoms with Crippen molar-refractivity contribution >= 4 is 17.6 Å². The van der Waals surface area contributed by atoms with E-state index in [4.69, 9.17) is 10.8 Å². The van der Waals surface area contributed by atoms with Crippen LogP contribution in [0.15, 0.2) is 36.7 Å². The molecule has 2 heterocycles. The largest absolute Gasteiger partial charge is 0.475 e. The summed E-state index contributed by atoms with van der Waals surface area (Å²) in [5.41, 5.74) is 8.07. The number of nitrogen functional groups attached to an aromatic ring is 1. The Hall–Kier alpha value is -2.76. The summed E-state index contributed by atoms with van der Waals surface area (Å²) < 4.78 is 0. The lowest BCUT2D eigenvalue weighted by atomic mass is 10.1. The van der Waals surface area contributed by atoms with Crippen molar-refractivity contribution in [3.05, 3.63) is 53.5 Å². The molecule has 2 rings (SSSR count). The van der Waals surface area contributed by atoms with E-state index in [0.29, 0.717) is 11.5 Å². The minimum Gasteiger partial charge on any atom is -0.475 e. The van der Waals surface area contributed by atoms with Crippen LogP contribution in [0.4, 0.5) is 5.82 Å². The van der Waals surface area contributed by atoms with Crippen LogP contribution in [0, 0.1) is 0 Å². The Bertz CT molecular complexity index is 636. The van der Waals surface area contributed by atoms with Crippen LogP contribution in [-0.4, -0.2) is 26.8 Å². The minimum atomic E-state index is -1.43. The van der Waals surface area contributed by atoms with Gasteiger partial charge in [-0.15, -0.1) is 0 Å². The van der Waals surface area contributed by atoms with E-state index < -0.39 is 11.8 Å². The van der Waals surface area contributed by atoms with Crippen molar-refractivity contribution in [3.63, 3.8) is 0 Å². The molecule has 0 aliphatic rings. The number of carbonyl (C=O) groups is 2. The number of rotatable bonds is 6. The van der Waals surface area contributed by atoms with Gasteiger partial charge in [0.25, 0.3) is 0 Å². The average molecular weight is 285 g/mol. The summed E-state index contributed by atoms with van der Waals surface area (Å²) in [4.78, 5) is 29.7. The number of aliphatic carboxylic acids is 1. The molecule has 0 saturated carbocycles. The van der Waals surface area contributed by atoms with Gasteiger partial charge in [-0.05, 0) is 36.1 Å². The Morgan fingerprint density at radius 1 is 1.00 bits per heavy atom. The molecule has 0 saturated heterocycles. The molecule has 108 valence electrons. The molecule has 0 spiro atoms. The van der Waals surface area contributed by atoms with Crippen molar-refractivity contribution in [2.75, 3.05) is 5.73 Å². The number of anilines is 1. The Kier molecular flexibility index (Phi) is 4.61. The van der Waals surface area contributed by atoms with Crippen molar-refractivity contribution in [3.8, 4) is 0 Å². The number of aryl methyl sites for hydroxylation is 2. The first kappa shape index (κ1) is 14.6. The highest BCUT2D eigenvalue weighted by Crippen LogP contribution is 2.08. The molecule has 0 unspecified atom stereocenters. The van der Waals surface area contributed by atoms with Crippen LogP contribution in [-0.2, 0) is 28.9 Å². The number of ketones is 1. The van der Waals surface area contributed by atoms with Gasteiger partial charge in [-0.2, -0.15) is 0 Å². The lowest BCUT2D eigenvalue weighted by Gasteiger charge is -2.03.